The molecule has 5 nitrogen and oxygen atoms in total. The summed E-state index contributed by atoms with van der Waals surface area (Å²) in [5, 5.41) is 2.09. The minimum atomic E-state index is -4.58. The molecule has 0 radical (unpaired) electrons. The van der Waals surface area contributed by atoms with E-state index in [4.69, 9.17) is 0 Å². The third-order valence-electron chi connectivity index (χ3n) is 2.64. The van der Waals surface area contributed by atoms with Gasteiger partial charge in [-0.3, -0.25) is 14.6 Å². The molecule has 0 spiro atoms. The van der Waals surface area contributed by atoms with Crippen LogP contribution in [-0.2, 0) is 6.54 Å². The maximum Gasteiger partial charge on any atom is 0.406 e. The Balaban J connectivity index is 2.28. The Hall–Kier alpha value is -2.71. The predicted octanol–water partition coefficient (Wildman–Crippen LogP) is 2.20. The molecule has 0 aliphatic rings. The average Bonchev–Trinajstić information content (AvgIpc) is 2.42. The predicted molar refractivity (Wildman–Crippen MR) is 68.9 cm³/mol. The molecule has 0 aliphatic heterocycles. The van der Waals surface area contributed by atoms with Crippen LogP contribution in [0.15, 0.2) is 41.6 Å². The molecule has 116 valence electrons. The molecule has 9 heteroatoms. The second-order valence-electron chi connectivity index (χ2n) is 4.28. The summed E-state index contributed by atoms with van der Waals surface area (Å²) in [6.07, 6.45) is -1.66. The van der Waals surface area contributed by atoms with E-state index in [-0.39, 0.29) is 11.3 Å². The number of aromatic nitrogens is 2. The maximum absolute atomic E-state index is 13.4. The lowest BCUT2D eigenvalue weighted by molar-refractivity contribution is -0.141. The van der Waals surface area contributed by atoms with Crippen molar-refractivity contribution >= 4 is 11.6 Å². The van der Waals surface area contributed by atoms with Gasteiger partial charge in [0.25, 0.3) is 11.5 Å². The molecular formula is C13H9F4N3O2. The van der Waals surface area contributed by atoms with Crippen LogP contribution in [0.5, 0.6) is 0 Å². The topological polar surface area (TPSA) is 64.0 Å². The quantitative estimate of drug-likeness (QED) is 0.883. The van der Waals surface area contributed by atoms with Gasteiger partial charge in [0.15, 0.2) is 5.82 Å². The molecule has 2 heterocycles. The van der Waals surface area contributed by atoms with Gasteiger partial charge in [-0.05, 0) is 18.2 Å². The molecule has 0 bridgehead atoms. The van der Waals surface area contributed by atoms with Crippen molar-refractivity contribution in [3.8, 4) is 0 Å². The number of hydrogen-bond acceptors (Lipinski definition) is 3. The first-order chi connectivity index (χ1) is 10.3. The molecule has 2 aromatic heterocycles. The number of carbonyl (C=O) groups excluding carboxylic acids is 1. The van der Waals surface area contributed by atoms with E-state index in [0.717, 1.165) is 24.5 Å². The monoisotopic (exact) mass is 315 g/mol. The van der Waals surface area contributed by atoms with Crippen molar-refractivity contribution in [2.24, 2.45) is 0 Å². The van der Waals surface area contributed by atoms with Crippen LogP contribution in [0.3, 0.4) is 0 Å². The summed E-state index contributed by atoms with van der Waals surface area (Å²) in [6.45, 7) is -1.49. The zero-order valence-electron chi connectivity index (χ0n) is 10.9. The number of nitrogens with one attached hydrogen (secondary N) is 1. The first-order valence-corrected chi connectivity index (χ1v) is 5.95. The number of rotatable bonds is 3. The Morgan fingerprint density at radius 1 is 1.32 bits per heavy atom. The van der Waals surface area contributed by atoms with E-state index in [0.29, 0.717) is 4.57 Å². The van der Waals surface area contributed by atoms with Crippen molar-refractivity contribution in [1.29, 1.82) is 0 Å². The number of hydrogen-bond donors (Lipinski definition) is 1. The summed E-state index contributed by atoms with van der Waals surface area (Å²) in [5.74, 6) is -1.87. The number of halogens is 4. The molecular weight excluding hydrogens is 306 g/mol. The molecule has 1 amide bonds. The number of pyridine rings is 2. The van der Waals surface area contributed by atoms with Crippen LogP contribution in [0.4, 0.5) is 23.2 Å². The highest BCUT2D eigenvalue weighted by atomic mass is 19.4. The zero-order valence-corrected chi connectivity index (χ0v) is 10.9. The minimum absolute atomic E-state index is 0.374. The van der Waals surface area contributed by atoms with Crippen molar-refractivity contribution in [2.45, 2.75) is 12.7 Å². The SMILES string of the molecule is O=C(Nc1cccn(CC(F)(F)F)c1=O)c1ccncc1F. The third kappa shape index (κ3) is 3.68. The molecule has 2 aromatic rings. The highest BCUT2D eigenvalue weighted by molar-refractivity contribution is 6.04. The first-order valence-electron chi connectivity index (χ1n) is 5.95. The van der Waals surface area contributed by atoms with E-state index < -0.39 is 30.0 Å². The van der Waals surface area contributed by atoms with Crippen molar-refractivity contribution in [1.82, 2.24) is 9.55 Å². The molecule has 1 N–H and O–H groups in total. The van der Waals surface area contributed by atoms with E-state index in [1.807, 2.05) is 0 Å². The Morgan fingerprint density at radius 2 is 2.05 bits per heavy atom. The fourth-order valence-electron chi connectivity index (χ4n) is 1.70. The largest absolute Gasteiger partial charge is 0.406 e. The summed E-state index contributed by atoms with van der Waals surface area (Å²) >= 11 is 0. The molecule has 0 atom stereocenters. The van der Waals surface area contributed by atoms with Crippen molar-refractivity contribution in [3.63, 3.8) is 0 Å². The van der Waals surface area contributed by atoms with Crippen LogP contribution in [0.25, 0.3) is 0 Å². The van der Waals surface area contributed by atoms with E-state index in [1.165, 1.54) is 12.3 Å². The van der Waals surface area contributed by atoms with E-state index in [9.17, 15) is 27.2 Å². The molecule has 0 saturated heterocycles. The number of nitrogens with zero attached hydrogens (tertiary/aromatic N) is 2. The Bertz CT molecular complexity index is 755. The third-order valence-corrected chi connectivity index (χ3v) is 2.64. The van der Waals surface area contributed by atoms with Gasteiger partial charge in [0.1, 0.15) is 12.2 Å². The van der Waals surface area contributed by atoms with E-state index in [1.54, 1.807) is 0 Å². The maximum atomic E-state index is 13.4. The van der Waals surface area contributed by atoms with Crippen LogP contribution in [0.1, 0.15) is 10.4 Å². The van der Waals surface area contributed by atoms with E-state index >= 15 is 0 Å². The molecule has 0 aliphatic carbocycles. The second kappa shape index (κ2) is 5.96. The molecule has 0 fully saturated rings. The first kappa shape index (κ1) is 15.7. The lowest BCUT2D eigenvalue weighted by Crippen LogP contribution is -2.30. The van der Waals surface area contributed by atoms with Gasteiger partial charge in [-0.1, -0.05) is 0 Å². The van der Waals surface area contributed by atoms with Gasteiger partial charge in [-0.25, -0.2) is 4.39 Å². The summed E-state index contributed by atoms with van der Waals surface area (Å²) in [4.78, 5) is 27.1. The number of carbonyl (C=O) groups is 1. The highest BCUT2D eigenvalue weighted by Gasteiger charge is 2.28. The van der Waals surface area contributed by atoms with Crippen LogP contribution in [0, 0.1) is 5.82 Å². The summed E-state index contributed by atoms with van der Waals surface area (Å²) < 4.78 is 50.8. The van der Waals surface area contributed by atoms with Gasteiger partial charge < -0.3 is 9.88 Å². The van der Waals surface area contributed by atoms with E-state index in [2.05, 4.69) is 10.3 Å². The summed E-state index contributed by atoms with van der Waals surface area (Å²) in [7, 11) is 0. The van der Waals surface area contributed by atoms with Crippen molar-refractivity contribution in [2.75, 3.05) is 5.32 Å². The summed E-state index contributed by atoms with van der Waals surface area (Å²) in [5.41, 5.74) is -1.80. The molecule has 2 rings (SSSR count). The van der Waals surface area contributed by atoms with Gasteiger partial charge in [0, 0.05) is 12.4 Å². The number of alkyl halides is 3. The Kier molecular flexibility index (Phi) is 4.25. The minimum Gasteiger partial charge on any atom is -0.317 e. The molecule has 0 unspecified atom stereocenters. The molecule has 0 aromatic carbocycles. The molecule has 22 heavy (non-hydrogen) atoms. The molecule has 0 saturated carbocycles. The number of amides is 1. The Labute approximate surface area is 121 Å². The highest BCUT2D eigenvalue weighted by Crippen LogP contribution is 2.16. The lowest BCUT2D eigenvalue weighted by Gasteiger charge is -2.11. The van der Waals surface area contributed by atoms with Crippen LogP contribution >= 0.6 is 0 Å². The van der Waals surface area contributed by atoms with Gasteiger partial charge in [-0.2, -0.15) is 13.2 Å². The normalized spacial score (nSPS) is 11.3. The number of anilines is 1. The smallest absolute Gasteiger partial charge is 0.317 e. The standard InChI is InChI=1S/C13H9F4N3O2/c14-9-6-18-4-3-8(9)11(21)19-10-2-1-5-20(12(10)22)7-13(15,16)17/h1-6H,7H2,(H,19,21). The average molecular weight is 315 g/mol. The van der Waals surface area contributed by atoms with Crippen molar-refractivity contribution < 1.29 is 22.4 Å². The van der Waals surface area contributed by atoms with Crippen molar-refractivity contribution in [3.05, 3.63) is 58.5 Å². The lowest BCUT2D eigenvalue weighted by atomic mass is 10.2. The Morgan fingerprint density at radius 3 is 2.68 bits per heavy atom. The van der Waals surface area contributed by atoms with Gasteiger partial charge >= 0.3 is 6.18 Å². The van der Waals surface area contributed by atoms with Gasteiger partial charge in [0.2, 0.25) is 0 Å². The second-order valence-corrected chi connectivity index (χ2v) is 4.28. The van der Waals surface area contributed by atoms with Crippen LogP contribution in [0.2, 0.25) is 0 Å². The van der Waals surface area contributed by atoms with Crippen LogP contribution < -0.4 is 10.9 Å². The van der Waals surface area contributed by atoms with Gasteiger partial charge in [0.05, 0.1) is 11.8 Å². The summed E-state index contributed by atoms with van der Waals surface area (Å²) in [6, 6.07) is 3.39. The van der Waals surface area contributed by atoms with Gasteiger partial charge in [-0.15, -0.1) is 0 Å². The zero-order chi connectivity index (χ0) is 16.3. The fourth-order valence-corrected chi connectivity index (χ4v) is 1.70. The van der Waals surface area contributed by atoms with Crippen LogP contribution in [-0.4, -0.2) is 21.6 Å². The fraction of sp³-hybridized carbons (Fsp3) is 0.154.